The van der Waals surface area contributed by atoms with Crippen molar-refractivity contribution in [2.24, 2.45) is 23.7 Å². The van der Waals surface area contributed by atoms with E-state index in [1.807, 2.05) is 12.2 Å². The molecule has 0 aromatic heterocycles. The van der Waals surface area contributed by atoms with E-state index in [4.69, 9.17) is 16.3 Å². The van der Waals surface area contributed by atoms with Crippen LogP contribution in [0.3, 0.4) is 0 Å². The second kappa shape index (κ2) is 13.7. The summed E-state index contributed by atoms with van der Waals surface area (Å²) in [5.41, 5.74) is -0.588. The van der Waals surface area contributed by atoms with Crippen molar-refractivity contribution in [2.45, 2.75) is 83.1 Å². The van der Waals surface area contributed by atoms with Gasteiger partial charge < -0.3 is 25.2 Å². The van der Waals surface area contributed by atoms with Gasteiger partial charge in [-0.05, 0) is 69.4 Å². The van der Waals surface area contributed by atoms with Crippen LogP contribution in [0.2, 0.25) is 5.02 Å². The number of ether oxygens (including phenoxy) is 1. The smallest absolute Gasteiger partial charge is 0.246 e. The van der Waals surface area contributed by atoms with Crippen LogP contribution in [0.5, 0.6) is 0 Å². The summed E-state index contributed by atoms with van der Waals surface area (Å²) < 4.78 is 6.50. The minimum Gasteiger partial charge on any atom is -0.359 e. The zero-order valence-corrected chi connectivity index (χ0v) is 26.8. The Labute approximate surface area is 261 Å². The number of carbonyl (C=O) groups is 3. The molecule has 3 heterocycles. The van der Waals surface area contributed by atoms with Gasteiger partial charge in [0, 0.05) is 23.3 Å². The topological polar surface area (TPSA) is 91.0 Å². The summed E-state index contributed by atoms with van der Waals surface area (Å²) in [6.45, 7) is 8.88. The van der Waals surface area contributed by atoms with Crippen LogP contribution in [-0.4, -0.2) is 78.0 Å². The van der Waals surface area contributed by atoms with Crippen molar-refractivity contribution >= 4 is 47.4 Å². The van der Waals surface area contributed by atoms with Gasteiger partial charge in [0.2, 0.25) is 17.7 Å². The van der Waals surface area contributed by atoms with E-state index in [-0.39, 0.29) is 36.2 Å². The van der Waals surface area contributed by atoms with Crippen LogP contribution in [0.15, 0.2) is 36.4 Å². The summed E-state index contributed by atoms with van der Waals surface area (Å²) in [5, 5.41) is 6.78. The highest BCUT2D eigenvalue weighted by Gasteiger charge is 2.72. The van der Waals surface area contributed by atoms with Crippen molar-refractivity contribution < 1.29 is 19.1 Å². The fourth-order valence-corrected chi connectivity index (χ4v) is 7.59. The first-order valence-electron chi connectivity index (χ1n) is 15.4. The molecule has 232 valence electrons. The predicted molar refractivity (Wildman–Crippen MR) is 168 cm³/mol. The molecular formula is C32H46Cl2N4O4. The fourth-order valence-electron chi connectivity index (χ4n) is 7.40. The first-order chi connectivity index (χ1) is 19.7. The maximum absolute atomic E-state index is 14.2. The van der Waals surface area contributed by atoms with Crippen molar-refractivity contribution in [1.29, 1.82) is 0 Å². The van der Waals surface area contributed by atoms with Crippen LogP contribution in [-0.2, 0) is 19.1 Å². The van der Waals surface area contributed by atoms with Crippen molar-refractivity contribution in [1.82, 2.24) is 15.1 Å². The summed E-state index contributed by atoms with van der Waals surface area (Å²) in [6.07, 6.45) is 9.34. The summed E-state index contributed by atoms with van der Waals surface area (Å²) >= 11 is 6.14. The number of rotatable bonds is 11. The van der Waals surface area contributed by atoms with Gasteiger partial charge in [-0.2, -0.15) is 0 Å². The molecule has 3 amide bonds. The molecule has 4 aliphatic rings. The van der Waals surface area contributed by atoms with Crippen LogP contribution in [0, 0.1) is 23.7 Å². The molecule has 1 saturated carbocycles. The summed E-state index contributed by atoms with van der Waals surface area (Å²) in [7, 11) is 2.09. The van der Waals surface area contributed by atoms with Gasteiger partial charge in [0.15, 0.2) is 0 Å². The summed E-state index contributed by atoms with van der Waals surface area (Å²) in [4.78, 5) is 45.9. The van der Waals surface area contributed by atoms with Crippen LogP contribution in [0.1, 0.15) is 59.3 Å². The third-order valence-corrected chi connectivity index (χ3v) is 10.1. The third kappa shape index (κ3) is 6.23. The van der Waals surface area contributed by atoms with Gasteiger partial charge in [0.25, 0.3) is 0 Å². The number of hydrogen-bond acceptors (Lipinski definition) is 5. The zero-order valence-electron chi connectivity index (χ0n) is 25.2. The molecule has 3 aliphatic heterocycles. The Bertz CT molecular complexity index is 1180. The molecule has 0 radical (unpaired) electrons. The lowest BCUT2D eigenvalue weighted by molar-refractivity contribution is -0.141. The van der Waals surface area contributed by atoms with E-state index in [1.165, 1.54) is 0 Å². The number of nitrogens with zero attached hydrogens (tertiary/aromatic N) is 2. The van der Waals surface area contributed by atoms with Crippen LogP contribution in [0.4, 0.5) is 5.69 Å². The maximum atomic E-state index is 14.2. The highest BCUT2D eigenvalue weighted by molar-refractivity contribution is 6.30. The molecule has 8 nitrogen and oxygen atoms in total. The van der Waals surface area contributed by atoms with Crippen molar-refractivity contribution in [3.05, 3.63) is 41.4 Å². The average molecular weight is 622 g/mol. The Morgan fingerprint density at radius 2 is 1.93 bits per heavy atom. The lowest BCUT2D eigenvalue weighted by Crippen LogP contribution is -2.58. The molecule has 2 N–H and O–H groups in total. The molecule has 1 spiro atoms. The van der Waals surface area contributed by atoms with Crippen LogP contribution in [0.25, 0.3) is 0 Å². The normalized spacial score (nSPS) is 33.0. The number of halogens is 2. The van der Waals surface area contributed by atoms with Crippen LogP contribution < -0.4 is 10.6 Å². The van der Waals surface area contributed by atoms with Gasteiger partial charge in [-0.15, -0.1) is 12.4 Å². The summed E-state index contributed by atoms with van der Waals surface area (Å²) in [5.74, 6) is -1.25. The van der Waals surface area contributed by atoms with Gasteiger partial charge >= 0.3 is 0 Å². The molecule has 5 rings (SSSR count). The highest BCUT2D eigenvalue weighted by atomic mass is 35.5. The maximum Gasteiger partial charge on any atom is 0.246 e. The van der Waals surface area contributed by atoms with Gasteiger partial charge in [0.05, 0.1) is 17.9 Å². The van der Waals surface area contributed by atoms with Crippen molar-refractivity contribution in [2.75, 3.05) is 32.0 Å². The Hall–Kier alpha value is -2.13. The van der Waals surface area contributed by atoms with E-state index in [0.717, 1.165) is 51.6 Å². The monoisotopic (exact) mass is 620 g/mol. The van der Waals surface area contributed by atoms with Gasteiger partial charge in [-0.25, -0.2) is 0 Å². The highest BCUT2D eigenvalue weighted by Crippen LogP contribution is 2.55. The fraction of sp³-hybridized carbons (Fsp3) is 0.656. The van der Waals surface area contributed by atoms with E-state index in [9.17, 15) is 14.4 Å². The standard InChI is InChI=1S/C32H45ClN4O4.ClH/c1-5-6-16-36(4)17-9-18-37-28(30(39)35-24-13-7-10-20(2)21(24)3)32-15-14-25(41-32)26(27(32)31(37)40)29(38)34-23-12-8-11-22(33)19-23;/h8,11-12,14-15,19-21,24-28H,5-7,9-10,13,16-18H2,1-4H3,(H,34,38)(H,35,39);1H. The van der Waals surface area contributed by atoms with Gasteiger partial charge in [-0.1, -0.05) is 69.9 Å². The second-order valence-corrected chi connectivity index (χ2v) is 13.1. The number of hydrogen-bond donors (Lipinski definition) is 2. The Morgan fingerprint density at radius 1 is 1.17 bits per heavy atom. The quantitative estimate of drug-likeness (QED) is 0.343. The first-order valence-corrected chi connectivity index (χ1v) is 15.8. The molecule has 2 bridgehead atoms. The number of unbranched alkanes of at least 4 members (excludes halogenated alkanes) is 1. The van der Waals surface area contributed by atoms with E-state index in [0.29, 0.717) is 29.1 Å². The van der Waals surface area contributed by atoms with Gasteiger partial charge in [-0.3, -0.25) is 14.4 Å². The molecule has 1 aliphatic carbocycles. The molecule has 3 fully saturated rings. The number of likely N-dealkylation sites (tertiary alicyclic amines) is 1. The van der Waals surface area contributed by atoms with E-state index in [2.05, 4.69) is 43.4 Å². The molecule has 42 heavy (non-hydrogen) atoms. The number of carbonyl (C=O) groups excluding carboxylic acids is 3. The summed E-state index contributed by atoms with van der Waals surface area (Å²) in [6, 6.07) is 6.21. The van der Waals surface area contributed by atoms with E-state index < -0.39 is 29.6 Å². The van der Waals surface area contributed by atoms with E-state index in [1.54, 1.807) is 29.2 Å². The number of nitrogens with one attached hydrogen (secondary N) is 2. The lowest BCUT2D eigenvalue weighted by atomic mass is 9.73. The van der Waals surface area contributed by atoms with E-state index >= 15 is 0 Å². The largest absolute Gasteiger partial charge is 0.359 e. The zero-order chi connectivity index (χ0) is 29.3. The number of fused-ring (bicyclic) bond motifs is 1. The average Bonchev–Trinajstić information content (AvgIpc) is 3.57. The van der Waals surface area contributed by atoms with Crippen molar-refractivity contribution in [3.8, 4) is 0 Å². The van der Waals surface area contributed by atoms with Gasteiger partial charge in [0.1, 0.15) is 11.6 Å². The molecule has 8 unspecified atom stereocenters. The Morgan fingerprint density at radius 3 is 2.67 bits per heavy atom. The molecule has 1 aromatic rings. The Balaban J connectivity index is 0.00000405. The second-order valence-electron chi connectivity index (χ2n) is 12.6. The molecule has 1 aromatic carbocycles. The first kappa shape index (κ1) is 32.8. The minimum atomic E-state index is -1.15. The molecule has 8 atom stereocenters. The minimum absolute atomic E-state index is 0. The number of amides is 3. The SMILES string of the molecule is CCCCN(C)CCCN1C(=O)C2C(C(=O)Nc3cccc(Cl)c3)C3C=CC2(O3)C1C(=O)NC1CCCC(C)C1C.Cl. The predicted octanol–water partition coefficient (Wildman–Crippen LogP) is 4.91. The third-order valence-electron chi connectivity index (χ3n) is 9.88. The molecular weight excluding hydrogens is 575 g/mol. The van der Waals surface area contributed by atoms with Crippen LogP contribution >= 0.6 is 24.0 Å². The Kier molecular flexibility index (Phi) is 10.7. The molecule has 10 heteroatoms. The number of benzene rings is 1. The number of anilines is 1. The lowest BCUT2D eigenvalue weighted by Gasteiger charge is -2.38. The molecule has 2 saturated heterocycles. The van der Waals surface area contributed by atoms with Crippen molar-refractivity contribution in [3.63, 3.8) is 0 Å².